The summed E-state index contributed by atoms with van der Waals surface area (Å²) in [5.74, 6) is 0.790. The second-order valence-corrected chi connectivity index (χ2v) is 3.46. The van der Waals surface area contributed by atoms with E-state index in [0.717, 1.165) is 32.2 Å². The molecule has 0 bridgehead atoms. The van der Waals surface area contributed by atoms with Crippen LogP contribution >= 0.6 is 0 Å². The van der Waals surface area contributed by atoms with Crippen LogP contribution in [-0.2, 0) is 4.74 Å². The summed E-state index contributed by atoms with van der Waals surface area (Å²) in [6.45, 7) is 10.6. The average molecular weight is 187 g/mol. The van der Waals surface area contributed by atoms with E-state index >= 15 is 0 Å². The van der Waals surface area contributed by atoms with Crippen LogP contribution in [-0.4, -0.2) is 26.3 Å². The monoisotopic (exact) mass is 187 g/mol. The van der Waals surface area contributed by atoms with Crippen LogP contribution in [0.4, 0.5) is 0 Å². The molecule has 0 aliphatic carbocycles. The van der Waals surface area contributed by atoms with Crippen molar-refractivity contribution in [2.45, 2.75) is 40.0 Å². The Labute approximate surface area is 83.1 Å². The van der Waals surface area contributed by atoms with E-state index in [-0.39, 0.29) is 0 Å². The molecule has 0 heterocycles. The SMILES string of the molecule is CCCNCC(CC)CCOCC. The maximum absolute atomic E-state index is 5.34. The zero-order valence-electron chi connectivity index (χ0n) is 9.44. The molecule has 0 aliphatic rings. The molecular weight excluding hydrogens is 162 g/mol. The Bertz CT molecular complexity index is 86.1. The molecule has 0 saturated heterocycles. The Morgan fingerprint density at radius 2 is 2.00 bits per heavy atom. The molecule has 0 rings (SSSR count). The second kappa shape index (κ2) is 10.0. The lowest BCUT2D eigenvalue weighted by Gasteiger charge is -2.15. The number of rotatable bonds is 9. The van der Waals surface area contributed by atoms with Crippen LogP contribution in [0.5, 0.6) is 0 Å². The Hall–Kier alpha value is -0.0800. The first-order valence-corrected chi connectivity index (χ1v) is 5.63. The fraction of sp³-hybridized carbons (Fsp3) is 1.00. The molecule has 1 atom stereocenters. The number of nitrogens with one attached hydrogen (secondary N) is 1. The molecule has 0 spiro atoms. The van der Waals surface area contributed by atoms with Crippen molar-refractivity contribution in [2.75, 3.05) is 26.3 Å². The molecule has 13 heavy (non-hydrogen) atoms. The van der Waals surface area contributed by atoms with Crippen molar-refractivity contribution in [2.24, 2.45) is 5.92 Å². The van der Waals surface area contributed by atoms with Gasteiger partial charge in [0.1, 0.15) is 0 Å². The van der Waals surface area contributed by atoms with Crippen LogP contribution in [0.25, 0.3) is 0 Å². The van der Waals surface area contributed by atoms with Gasteiger partial charge in [0.2, 0.25) is 0 Å². The molecule has 0 aromatic rings. The number of hydrogen-bond donors (Lipinski definition) is 1. The lowest BCUT2D eigenvalue weighted by atomic mass is 10.0. The van der Waals surface area contributed by atoms with E-state index < -0.39 is 0 Å². The second-order valence-electron chi connectivity index (χ2n) is 3.46. The fourth-order valence-electron chi connectivity index (χ4n) is 1.33. The van der Waals surface area contributed by atoms with Crippen LogP contribution in [0.3, 0.4) is 0 Å². The van der Waals surface area contributed by atoms with Crippen molar-refractivity contribution in [3.8, 4) is 0 Å². The maximum Gasteiger partial charge on any atom is 0.0469 e. The molecule has 0 fully saturated rings. The van der Waals surface area contributed by atoms with Crippen molar-refractivity contribution >= 4 is 0 Å². The van der Waals surface area contributed by atoms with Gasteiger partial charge in [-0.2, -0.15) is 0 Å². The molecule has 1 unspecified atom stereocenters. The first kappa shape index (κ1) is 12.9. The van der Waals surface area contributed by atoms with Crippen LogP contribution in [0.15, 0.2) is 0 Å². The molecule has 0 amide bonds. The molecule has 0 aliphatic heterocycles. The van der Waals surface area contributed by atoms with Gasteiger partial charge in [-0.3, -0.25) is 0 Å². The van der Waals surface area contributed by atoms with Crippen molar-refractivity contribution in [3.63, 3.8) is 0 Å². The topological polar surface area (TPSA) is 21.3 Å². The highest BCUT2D eigenvalue weighted by atomic mass is 16.5. The molecule has 80 valence electrons. The number of hydrogen-bond acceptors (Lipinski definition) is 2. The summed E-state index contributed by atoms with van der Waals surface area (Å²) in [7, 11) is 0. The first-order chi connectivity index (χ1) is 6.35. The number of ether oxygens (including phenoxy) is 1. The minimum atomic E-state index is 0.790. The summed E-state index contributed by atoms with van der Waals surface area (Å²) >= 11 is 0. The van der Waals surface area contributed by atoms with Gasteiger partial charge in [-0.1, -0.05) is 20.3 Å². The lowest BCUT2D eigenvalue weighted by molar-refractivity contribution is 0.131. The molecule has 1 N–H and O–H groups in total. The minimum absolute atomic E-state index is 0.790. The summed E-state index contributed by atoms with van der Waals surface area (Å²) in [5, 5.41) is 3.46. The van der Waals surface area contributed by atoms with E-state index in [4.69, 9.17) is 4.74 Å². The normalized spacial score (nSPS) is 13.2. The van der Waals surface area contributed by atoms with E-state index in [0.29, 0.717) is 0 Å². The van der Waals surface area contributed by atoms with Gasteiger partial charge in [-0.25, -0.2) is 0 Å². The summed E-state index contributed by atoms with van der Waals surface area (Å²) in [6, 6.07) is 0. The maximum atomic E-state index is 5.34. The quantitative estimate of drug-likeness (QED) is 0.560. The van der Waals surface area contributed by atoms with Crippen LogP contribution < -0.4 is 5.32 Å². The van der Waals surface area contributed by atoms with Crippen molar-refractivity contribution in [1.82, 2.24) is 5.32 Å². The Morgan fingerprint density at radius 1 is 1.23 bits per heavy atom. The predicted molar refractivity (Wildman–Crippen MR) is 58.1 cm³/mol. The Balaban J connectivity index is 3.28. The molecule has 0 radical (unpaired) electrons. The third kappa shape index (κ3) is 8.26. The van der Waals surface area contributed by atoms with Crippen LogP contribution in [0.2, 0.25) is 0 Å². The van der Waals surface area contributed by atoms with Crippen molar-refractivity contribution < 1.29 is 4.74 Å². The van der Waals surface area contributed by atoms with Gasteiger partial charge in [0.05, 0.1) is 0 Å². The average Bonchev–Trinajstić information content (AvgIpc) is 2.16. The van der Waals surface area contributed by atoms with E-state index in [1.54, 1.807) is 0 Å². The summed E-state index contributed by atoms with van der Waals surface area (Å²) in [6.07, 6.45) is 3.67. The van der Waals surface area contributed by atoms with Crippen LogP contribution in [0, 0.1) is 5.92 Å². The standard InChI is InChI=1S/C11H25NO/c1-4-8-12-10-11(5-2)7-9-13-6-3/h11-12H,4-10H2,1-3H3. The highest BCUT2D eigenvalue weighted by Gasteiger charge is 2.04. The first-order valence-electron chi connectivity index (χ1n) is 5.63. The summed E-state index contributed by atoms with van der Waals surface area (Å²) in [5.41, 5.74) is 0. The Kier molecular flexibility index (Phi) is 9.94. The largest absolute Gasteiger partial charge is 0.382 e. The van der Waals surface area contributed by atoms with Gasteiger partial charge in [0.15, 0.2) is 0 Å². The predicted octanol–water partition coefficient (Wildman–Crippen LogP) is 2.44. The van der Waals surface area contributed by atoms with Crippen molar-refractivity contribution in [1.29, 1.82) is 0 Å². The molecular formula is C11H25NO. The highest BCUT2D eigenvalue weighted by molar-refractivity contribution is 4.60. The van der Waals surface area contributed by atoms with Gasteiger partial charge in [-0.15, -0.1) is 0 Å². The Morgan fingerprint density at radius 3 is 2.54 bits per heavy atom. The third-order valence-corrected chi connectivity index (χ3v) is 2.31. The third-order valence-electron chi connectivity index (χ3n) is 2.31. The van der Waals surface area contributed by atoms with E-state index in [9.17, 15) is 0 Å². The molecule has 2 nitrogen and oxygen atoms in total. The van der Waals surface area contributed by atoms with Crippen molar-refractivity contribution in [3.05, 3.63) is 0 Å². The van der Waals surface area contributed by atoms with E-state index in [1.807, 2.05) is 0 Å². The zero-order chi connectivity index (χ0) is 9.94. The molecule has 0 aromatic heterocycles. The van der Waals surface area contributed by atoms with Gasteiger partial charge in [0, 0.05) is 13.2 Å². The van der Waals surface area contributed by atoms with E-state index in [1.165, 1.54) is 19.3 Å². The molecule has 0 aromatic carbocycles. The zero-order valence-corrected chi connectivity index (χ0v) is 9.44. The summed E-state index contributed by atoms with van der Waals surface area (Å²) in [4.78, 5) is 0. The smallest absolute Gasteiger partial charge is 0.0469 e. The van der Waals surface area contributed by atoms with Gasteiger partial charge >= 0.3 is 0 Å². The van der Waals surface area contributed by atoms with Gasteiger partial charge in [0.25, 0.3) is 0 Å². The summed E-state index contributed by atoms with van der Waals surface area (Å²) < 4.78 is 5.34. The minimum Gasteiger partial charge on any atom is -0.382 e. The molecule has 0 saturated carbocycles. The van der Waals surface area contributed by atoms with Gasteiger partial charge in [-0.05, 0) is 38.8 Å². The highest BCUT2D eigenvalue weighted by Crippen LogP contribution is 2.06. The molecule has 2 heteroatoms. The lowest BCUT2D eigenvalue weighted by Crippen LogP contribution is -2.24. The fourth-order valence-corrected chi connectivity index (χ4v) is 1.33. The van der Waals surface area contributed by atoms with E-state index in [2.05, 4.69) is 26.1 Å². The van der Waals surface area contributed by atoms with Gasteiger partial charge < -0.3 is 10.1 Å². The van der Waals surface area contributed by atoms with Crippen LogP contribution in [0.1, 0.15) is 40.0 Å².